The number of carboxylic acids is 1. The summed E-state index contributed by atoms with van der Waals surface area (Å²) in [6, 6.07) is 9.56. The zero-order valence-electron chi connectivity index (χ0n) is 16.8. The molecule has 144 valence electrons. The predicted molar refractivity (Wildman–Crippen MR) is 112 cm³/mol. The normalized spacial score (nSPS) is 31.3. The fraction of sp³-hybridized carbons (Fsp3) is 0.480. The van der Waals surface area contributed by atoms with Gasteiger partial charge in [-0.3, -0.25) is 0 Å². The van der Waals surface area contributed by atoms with E-state index in [0.717, 1.165) is 12.0 Å². The first-order valence-corrected chi connectivity index (χ1v) is 10.3. The molecule has 0 aromatic heterocycles. The van der Waals surface area contributed by atoms with Crippen LogP contribution in [0, 0.1) is 29.1 Å². The maximum absolute atomic E-state index is 12.2. The lowest BCUT2D eigenvalue weighted by Gasteiger charge is -2.47. The van der Waals surface area contributed by atoms with Gasteiger partial charge in [0, 0.05) is 5.41 Å². The molecule has 1 saturated carbocycles. The molecule has 0 saturated heterocycles. The minimum Gasteiger partial charge on any atom is -0.478 e. The highest BCUT2D eigenvalue weighted by molar-refractivity contribution is 6.15. The van der Waals surface area contributed by atoms with Gasteiger partial charge in [-0.05, 0) is 48.5 Å². The number of rotatable bonds is 5. The monoisotopic (exact) mass is 364 g/mol. The quantitative estimate of drug-likeness (QED) is 0.617. The van der Waals surface area contributed by atoms with Crippen molar-refractivity contribution in [1.29, 1.82) is 0 Å². The van der Waals surface area contributed by atoms with Crippen LogP contribution in [0.25, 0.3) is 5.57 Å². The minimum atomic E-state index is -0.839. The Balaban J connectivity index is 2.10. The van der Waals surface area contributed by atoms with Crippen LogP contribution >= 0.6 is 0 Å². The number of carbonyl (C=O) groups is 1. The molecule has 27 heavy (non-hydrogen) atoms. The standard InChI is InChI=1S/C25H32O2/c1-18(2)21-13-12-19(3)16-23(21)25(14-8-5-9-15-25)17-22(24(26)27)20-10-6-4-7-11-20/h4-11,14,17-19,21,23H,12-13,15-16H2,1-3H3,(H,26,27). The first-order valence-electron chi connectivity index (χ1n) is 10.3. The Morgan fingerprint density at radius 3 is 2.52 bits per heavy atom. The van der Waals surface area contributed by atoms with Crippen LogP contribution < -0.4 is 0 Å². The highest BCUT2D eigenvalue weighted by atomic mass is 16.4. The maximum Gasteiger partial charge on any atom is 0.335 e. The molecular formula is C25H32O2. The molecule has 2 aliphatic rings. The predicted octanol–water partition coefficient (Wildman–Crippen LogP) is 6.37. The third-order valence-electron chi connectivity index (χ3n) is 6.57. The van der Waals surface area contributed by atoms with Gasteiger partial charge in [0.15, 0.2) is 0 Å². The molecule has 1 N–H and O–H groups in total. The van der Waals surface area contributed by atoms with Crippen LogP contribution in [0.2, 0.25) is 0 Å². The molecule has 0 heterocycles. The van der Waals surface area contributed by atoms with Gasteiger partial charge < -0.3 is 5.11 Å². The van der Waals surface area contributed by atoms with E-state index in [1.54, 1.807) is 0 Å². The Kier molecular flexibility index (Phi) is 6.04. The van der Waals surface area contributed by atoms with Crippen molar-refractivity contribution >= 4 is 11.5 Å². The Morgan fingerprint density at radius 1 is 1.19 bits per heavy atom. The van der Waals surface area contributed by atoms with E-state index in [4.69, 9.17) is 0 Å². The second-order valence-electron chi connectivity index (χ2n) is 8.77. The first kappa shape index (κ1) is 19.7. The molecule has 1 aromatic rings. The molecule has 1 aromatic carbocycles. The van der Waals surface area contributed by atoms with Crippen LogP contribution in [0.5, 0.6) is 0 Å². The summed E-state index contributed by atoms with van der Waals surface area (Å²) in [4.78, 5) is 12.2. The van der Waals surface area contributed by atoms with Crippen LogP contribution in [0.3, 0.4) is 0 Å². The van der Waals surface area contributed by atoms with Gasteiger partial charge in [-0.2, -0.15) is 0 Å². The molecule has 1 fully saturated rings. The number of hydrogen-bond donors (Lipinski definition) is 1. The van der Waals surface area contributed by atoms with Crippen molar-refractivity contribution in [3.05, 3.63) is 66.3 Å². The summed E-state index contributed by atoms with van der Waals surface area (Å²) < 4.78 is 0. The van der Waals surface area contributed by atoms with Crippen molar-refractivity contribution in [2.45, 2.75) is 46.5 Å². The smallest absolute Gasteiger partial charge is 0.335 e. The SMILES string of the molecule is CC1CCC(C(C)C)C(C2(C=C(C(=O)O)c3ccccc3)C=CC=CC2)C1. The highest BCUT2D eigenvalue weighted by Crippen LogP contribution is 2.52. The van der Waals surface area contributed by atoms with E-state index in [1.807, 2.05) is 30.3 Å². The van der Waals surface area contributed by atoms with Gasteiger partial charge in [-0.1, -0.05) is 87.9 Å². The molecule has 3 rings (SSSR count). The van der Waals surface area contributed by atoms with E-state index >= 15 is 0 Å². The largest absolute Gasteiger partial charge is 0.478 e. The van der Waals surface area contributed by atoms with Crippen LogP contribution in [-0.4, -0.2) is 11.1 Å². The molecule has 2 aliphatic carbocycles. The van der Waals surface area contributed by atoms with Gasteiger partial charge in [0.2, 0.25) is 0 Å². The Morgan fingerprint density at radius 2 is 1.93 bits per heavy atom. The molecule has 2 heteroatoms. The Hall–Kier alpha value is -2.09. The number of hydrogen-bond acceptors (Lipinski definition) is 1. The minimum absolute atomic E-state index is 0.220. The third-order valence-corrected chi connectivity index (χ3v) is 6.57. The second kappa shape index (κ2) is 8.29. The number of aliphatic carboxylic acids is 1. The lowest BCUT2D eigenvalue weighted by Crippen LogP contribution is -2.39. The summed E-state index contributed by atoms with van der Waals surface area (Å²) in [6.45, 7) is 6.99. The van der Waals surface area contributed by atoms with Gasteiger partial charge in [-0.15, -0.1) is 0 Å². The fourth-order valence-corrected chi connectivity index (χ4v) is 5.12. The van der Waals surface area contributed by atoms with Crippen LogP contribution in [0.15, 0.2) is 60.7 Å². The molecule has 0 spiro atoms. The lowest BCUT2D eigenvalue weighted by atomic mass is 9.57. The van der Waals surface area contributed by atoms with Crippen LogP contribution in [0.1, 0.15) is 52.0 Å². The second-order valence-corrected chi connectivity index (χ2v) is 8.77. The van der Waals surface area contributed by atoms with E-state index < -0.39 is 5.97 Å². The molecule has 0 amide bonds. The van der Waals surface area contributed by atoms with Crippen molar-refractivity contribution in [2.24, 2.45) is 29.1 Å². The van der Waals surface area contributed by atoms with Crippen LogP contribution in [0.4, 0.5) is 0 Å². The molecule has 0 radical (unpaired) electrons. The van der Waals surface area contributed by atoms with Gasteiger partial charge in [0.25, 0.3) is 0 Å². The van der Waals surface area contributed by atoms with E-state index in [1.165, 1.54) is 19.3 Å². The van der Waals surface area contributed by atoms with E-state index in [9.17, 15) is 9.90 Å². The van der Waals surface area contributed by atoms with Gasteiger partial charge in [0.05, 0.1) is 5.57 Å². The van der Waals surface area contributed by atoms with Crippen molar-refractivity contribution in [2.75, 3.05) is 0 Å². The number of carboxylic acid groups (broad SMARTS) is 1. The summed E-state index contributed by atoms with van der Waals surface area (Å²) in [6.07, 6.45) is 15.3. The average molecular weight is 365 g/mol. The maximum atomic E-state index is 12.2. The summed E-state index contributed by atoms with van der Waals surface area (Å²) in [5.74, 6) is 1.56. The molecule has 4 unspecified atom stereocenters. The van der Waals surface area contributed by atoms with Crippen molar-refractivity contribution in [3.63, 3.8) is 0 Å². The highest BCUT2D eigenvalue weighted by Gasteiger charge is 2.43. The van der Waals surface area contributed by atoms with Gasteiger partial charge >= 0.3 is 5.97 Å². The molecular weight excluding hydrogens is 332 g/mol. The zero-order valence-corrected chi connectivity index (χ0v) is 16.8. The molecule has 2 nitrogen and oxygen atoms in total. The van der Waals surface area contributed by atoms with E-state index in [2.05, 4.69) is 51.2 Å². The fourth-order valence-electron chi connectivity index (χ4n) is 5.12. The lowest BCUT2D eigenvalue weighted by molar-refractivity contribution is -0.130. The zero-order chi connectivity index (χ0) is 19.4. The van der Waals surface area contributed by atoms with Gasteiger partial charge in [0.1, 0.15) is 0 Å². The summed E-state index contributed by atoms with van der Waals surface area (Å²) in [5, 5.41) is 9.99. The Bertz CT molecular complexity index is 741. The number of benzene rings is 1. The molecule has 0 bridgehead atoms. The van der Waals surface area contributed by atoms with Crippen LogP contribution in [-0.2, 0) is 4.79 Å². The van der Waals surface area contributed by atoms with Crippen molar-refractivity contribution < 1.29 is 9.90 Å². The third kappa shape index (κ3) is 4.26. The average Bonchev–Trinajstić information content (AvgIpc) is 2.67. The topological polar surface area (TPSA) is 37.3 Å². The van der Waals surface area contributed by atoms with E-state index in [0.29, 0.717) is 29.2 Å². The summed E-state index contributed by atoms with van der Waals surface area (Å²) >= 11 is 0. The summed E-state index contributed by atoms with van der Waals surface area (Å²) in [7, 11) is 0. The van der Waals surface area contributed by atoms with E-state index in [-0.39, 0.29) is 5.41 Å². The van der Waals surface area contributed by atoms with Crippen molar-refractivity contribution in [1.82, 2.24) is 0 Å². The first-order chi connectivity index (χ1) is 12.9. The summed E-state index contributed by atoms with van der Waals surface area (Å²) in [5.41, 5.74) is 0.996. The number of allylic oxidation sites excluding steroid dienone is 5. The Labute approximate surface area is 163 Å². The van der Waals surface area contributed by atoms with Gasteiger partial charge in [-0.25, -0.2) is 4.79 Å². The van der Waals surface area contributed by atoms with Crippen molar-refractivity contribution in [3.8, 4) is 0 Å². The molecule has 0 aliphatic heterocycles. The molecule has 4 atom stereocenters.